The number of morpholine rings is 1. The summed E-state index contributed by atoms with van der Waals surface area (Å²) in [6.07, 6.45) is 1.56. The van der Waals surface area contributed by atoms with Gasteiger partial charge in [-0.05, 0) is 55.8 Å². The standard InChI is InChI=1S/C24H25BrN4O5/c1-3-33-22-12-17(4-7-21(22)34-15-23(30)28-8-10-32-11-9-28)14-26-29-16(2)27-20-6-5-18(25)13-19(20)24(29)31/h4-7,12-14H,3,8-11,15H2,1-2H3. The van der Waals surface area contributed by atoms with Gasteiger partial charge in [0.1, 0.15) is 5.82 Å². The maximum atomic E-state index is 12.9. The molecule has 0 bridgehead atoms. The smallest absolute Gasteiger partial charge is 0.282 e. The van der Waals surface area contributed by atoms with E-state index in [0.717, 1.165) is 4.47 Å². The minimum absolute atomic E-state index is 0.0829. The van der Waals surface area contributed by atoms with Crippen molar-refractivity contribution in [3.63, 3.8) is 0 Å². The van der Waals surface area contributed by atoms with Crippen molar-refractivity contribution in [2.45, 2.75) is 13.8 Å². The molecular weight excluding hydrogens is 504 g/mol. The zero-order valence-electron chi connectivity index (χ0n) is 19.0. The Hall–Kier alpha value is -3.24. The molecule has 2 aromatic carbocycles. The van der Waals surface area contributed by atoms with Crippen molar-refractivity contribution < 1.29 is 19.0 Å². The molecule has 0 radical (unpaired) electrons. The Bertz CT molecular complexity index is 1280. The second-order valence-electron chi connectivity index (χ2n) is 7.60. The average Bonchev–Trinajstić information content (AvgIpc) is 2.84. The van der Waals surface area contributed by atoms with Crippen LogP contribution in [0.5, 0.6) is 11.5 Å². The molecule has 3 aromatic rings. The fourth-order valence-electron chi connectivity index (χ4n) is 3.56. The van der Waals surface area contributed by atoms with Gasteiger partial charge in [-0.15, -0.1) is 0 Å². The summed E-state index contributed by atoms with van der Waals surface area (Å²) in [7, 11) is 0. The molecule has 9 nitrogen and oxygen atoms in total. The number of hydrogen-bond acceptors (Lipinski definition) is 7. The molecule has 0 N–H and O–H groups in total. The molecule has 0 unspecified atom stereocenters. The number of amides is 1. The number of fused-ring (bicyclic) bond motifs is 1. The molecule has 1 saturated heterocycles. The normalized spacial score (nSPS) is 14.0. The van der Waals surface area contributed by atoms with Crippen LogP contribution in [0.2, 0.25) is 0 Å². The van der Waals surface area contributed by atoms with Gasteiger partial charge in [0.25, 0.3) is 11.5 Å². The maximum absolute atomic E-state index is 12.9. The van der Waals surface area contributed by atoms with Crippen molar-refractivity contribution in [3.05, 3.63) is 62.6 Å². The number of ether oxygens (including phenoxy) is 3. The van der Waals surface area contributed by atoms with Crippen molar-refractivity contribution in [1.29, 1.82) is 0 Å². The van der Waals surface area contributed by atoms with E-state index >= 15 is 0 Å². The van der Waals surface area contributed by atoms with E-state index in [2.05, 4.69) is 26.0 Å². The summed E-state index contributed by atoms with van der Waals surface area (Å²) in [5.74, 6) is 1.33. The van der Waals surface area contributed by atoms with Gasteiger partial charge in [0.2, 0.25) is 0 Å². The number of carbonyl (C=O) groups excluding carboxylic acids is 1. The van der Waals surface area contributed by atoms with Crippen LogP contribution in [-0.2, 0) is 9.53 Å². The van der Waals surface area contributed by atoms with Crippen LogP contribution in [0.25, 0.3) is 10.9 Å². The maximum Gasteiger partial charge on any atom is 0.282 e. The topological polar surface area (TPSA) is 95.2 Å². The first-order valence-electron chi connectivity index (χ1n) is 10.9. The third-order valence-electron chi connectivity index (χ3n) is 5.27. The van der Waals surface area contributed by atoms with Gasteiger partial charge in [-0.1, -0.05) is 15.9 Å². The van der Waals surface area contributed by atoms with Crippen molar-refractivity contribution in [2.75, 3.05) is 39.5 Å². The van der Waals surface area contributed by atoms with Gasteiger partial charge in [-0.2, -0.15) is 9.78 Å². The molecule has 34 heavy (non-hydrogen) atoms. The highest BCUT2D eigenvalue weighted by Crippen LogP contribution is 2.28. The highest BCUT2D eigenvalue weighted by Gasteiger charge is 2.18. The van der Waals surface area contributed by atoms with Gasteiger partial charge in [0.15, 0.2) is 18.1 Å². The van der Waals surface area contributed by atoms with Crippen LogP contribution >= 0.6 is 15.9 Å². The average molecular weight is 529 g/mol. The summed E-state index contributed by atoms with van der Waals surface area (Å²) < 4.78 is 18.8. The number of rotatable bonds is 7. The predicted molar refractivity (Wildman–Crippen MR) is 132 cm³/mol. The largest absolute Gasteiger partial charge is 0.490 e. The van der Waals surface area contributed by atoms with E-state index in [9.17, 15) is 9.59 Å². The number of nitrogens with zero attached hydrogens (tertiary/aromatic N) is 4. The summed E-state index contributed by atoms with van der Waals surface area (Å²) in [5, 5.41) is 4.83. The first kappa shape index (κ1) is 23.9. The van der Waals surface area contributed by atoms with E-state index in [1.54, 1.807) is 48.4 Å². The lowest BCUT2D eigenvalue weighted by molar-refractivity contribution is -0.137. The van der Waals surface area contributed by atoms with Crippen molar-refractivity contribution in [1.82, 2.24) is 14.6 Å². The van der Waals surface area contributed by atoms with Gasteiger partial charge >= 0.3 is 0 Å². The molecule has 1 aliphatic heterocycles. The van der Waals surface area contributed by atoms with E-state index in [-0.39, 0.29) is 18.1 Å². The number of hydrogen-bond donors (Lipinski definition) is 0. The number of aryl methyl sites for hydroxylation is 1. The van der Waals surface area contributed by atoms with Gasteiger partial charge < -0.3 is 19.1 Å². The lowest BCUT2D eigenvalue weighted by Gasteiger charge is -2.26. The molecule has 4 rings (SSSR count). The molecule has 1 aliphatic rings. The Morgan fingerprint density at radius 2 is 1.97 bits per heavy atom. The van der Waals surface area contributed by atoms with Crippen LogP contribution in [-0.4, -0.2) is 66.2 Å². The third kappa shape index (κ3) is 5.45. The van der Waals surface area contributed by atoms with Crippen LogP contribution in [0.1, 0.15) is 18.3 Å². The van der Waals surface area contributed by atoms with Crippen LogP contribution < -0.4 is 15.0 Å². The second kappa shape index (κ2) is 10.8. The molecular formula is C24H25BrN4O5. The van der Waals surface area contributed by atoms with Gasteiger partial charge in [0, 0.05) is 17.6 Å². The van der Waals surface area contributed by atoms with E-state index < -0.39 is 0 Å². The molecule has 1 aromatic heterocycles. The Labute approximate surface area is 205 Å². The molecule has 10 heteroatoms. The third-order valence-corrected chi connectivity index (χ3v) is 5.77. The summed E-state index contributed by atoms with van der Waals surface area (Å²) >= 11 is 3.39. The highest BCUT2D eigenvalue weighted by atomic mass is 79.9. The number of carbonyl (C=O) groups is 1. The van der Waals surface area contributed by atoms with Crippen LogP contribution in [0.4, 0.5) is 0 Å². The zero-order valence-corrected chi connectivity index (χ0v) is 20.6. The molecule has 0 spiro atoms. The lowest BCUT2D eigenvalue weighted by atomic mass is 10.2. The number of halogens is 1. The van der Waals surface area contributed by atoms with Crippen molar-refractivity contribution >= 4 is 39.0 Å². The van der Waals surface area contributed by atoms with E-state index in [4.69, 9.17) is 14.2 Å². The number of aromatic nitrogens is 2. The molecule has 0 atom stereocenters. The summed E-state index contributed by atoms with van der Waals surface area (Å²) in [4.78, 5) is 31.5. The monoisotopic (exact) mass is 528 g/mol. The molecule has 2 heterocycles. The molecule has 0 saturated carbocycles. The van der Waals surface area contributed by atoms with Crippen LogP contribution in [0.15, 0.2) is 50.8 Å². The fraction of sp³-hybridized carbons (Fsp3) is 0.333. The Kier molecular flexibility index (Phi) is 7.59. The van der Waals surface area contributed by atoms with E-state index in [1.165, 1.54) is 4.68 Å². The first-order valence-corrected chi connectivity index (χ1v) is 11.7. The molecule has 1 fully saturated rings. The summed E-state index contributed by atoms with van der Waals surface area (Å²) in [5.41, 5.74) is 1.06. The summed E-state index contributed by atoms with van der Waals surface area (Å²) in [6.45, 7) is 6.15. The van der Waals surface area contributed by atoms with E-state index in [1.807, 2.05) is 13.0 Å². The number of benzene rings is 2. The molecule has 0 aliphatic carbocycles. The highest BCUT2D eigenvalue weighted by molar-refractivity contribution is 9.10. The Balaban J connectivity index is 1.54. The predicted octanol–water partition coefficient (Wildman–Crippen LogP) is 2.99. The quantitative estimate of drug-likeness (QED) is 0.437. The lowest BCUT2D eigenvalue weighted by Crippen LogP contribution is -2.43. The van der Waals surface area contributed by atoms with Gasteiger partial charge in [-0.3, -0.25) is 9.59 Å². The zero-order chi connectivity index (χ0) is 24.1. The SMILES string of the molecule is CCOc1cc(C=Nn2c(C)nc3ccc(Br)cc3c2=O)ccc1OCC(=O)N1CCOCC1. The minimum atomic E-state index is -0.258. The van der Waals surface area contributed by atoms with Gasteiger partial charge in [-0.25, -0.2) is 4.98 Å². The first-order chi connectivity index (χ1) is 16.5. The van der Waals surface area contributed by atoms with Gasteiger partial charge in [0.05, 0.1) is 36.9 Å². The Morgan fingerprint density at radius 1 is 1.18 bits per heavy atom. The fourth-order valence-corrected chi connectivity index (χ4v) is 3.92. The summed E-state index contributed by atoms with van der Waals surface area (Å²) in [6, 6.07) is 10.6. The minimum Gasteiger partial charge on any atom is -0.490 e. The molecule has 1 amide bonds. The van der Waals surface area contributed by atoms with Crippen LogP contribution in [0, 0.1) is 6.92 Å². The molecule has 178 valence electrons. The van der Waals surface area contributed by atoms with Crippen LogP contribution in [0.3, 0.4) is 0 Å². The second-order valence-corrected chi connectivity index (χ2v) is 8.52. The van der Waals surface area contributed by atoms with Crippen molar-refractivity contribution in [2.24, 2.45) is 5.10 Å². The van der Waals surface area contributed by atoms with Crippen molar-refractivity contribution in [3.8, 4) is 11.5 Å². The Morgan fingerprint density at radius 3 is 2.74 bits per heavy atom. The van der Waals surface area contributed by atoms with E-state index in [0.29, 0.717) is 66.7 Å².